The number of hydrogen-bond donors (Lipinski definition) is 1. The average molecular weight is 328 g/mol. The second-order valence-corrected chi connectivity index (χ2v) is 5.61. The lowest BCUT2D eigenvalue weighted by Crippen LogP contribution is -2.14. The molecule has 1 aromatic carbocycles. The van der Waals surface area contributed by atoms with E-state index in [2.05, 4.69) is 32.0 Å². The maximum atomic E-state index is 6.33. The molecule has 0 aliphatic heterocycles. The maximum Gasteiger partial charge on any atom is 0.0766 e. The minimum atomic E-state index is -0.290. The van der Waals surface area contributed by atoms with Crippen LogP contribution in [0, 0.1) is 6.92 Å². The van der Waals surface area contributed by atoms with Crippen molar-refractivity contribution in [2.45, 2.75) is 13.0 Å². The van der Waals surface area contributed by atoms with Crippen molar-refractivity contribution in [3.8, 4) is 0 Å². The number of nitrogens with zero attached hydrogens (tertiary/aromatic N) is 2. The first-order valence-corrected chi connectivity index (χ1v) is 7.18. The Morgan fingerprint density at radius 3 is 2.70 bits per heavy atom. The van der Waals surface area contributed by atoms with Crippen LogP contribution in [0.1, 0.15) is 23.0 Å². The van der Waals surface area contributed by atoms with Gasteiger partial charge in [0.1, 0.15) is 0 Å². The van der Waals surface area contributed by atoms with Crippen LogP contribution in [-0.4, -0.2) is 9.97 Å². The van der Waals surface area contributed by atoms with Crippen molar-refractivity contribution >= 4 is 26.8 Å². The zero-order valence-corrected chi connectivity index (χ0v) is 12.6. The van der Waals surface area contributed by atoms with Crippen LogP contribution in [0.5, 0.6) is 0 Å². The molecule has 3 nitrogen and oxygen atoms in total. The highest BCUT2D eigenvalue weighted by Crippen LogP contribution is 2.28. The molecule has 0 bridgehead atoms. The Balaban J connectivity index is 2.08. The number of nitrogens with two attached hydrogens (primary N) is 1. The molecule has 3 aromatic rings. The summed E-state index contributed by atoms with van der Waals surface area (Å²) in [5.74, 6) is 0. The van der Waals surface area contributed by atoms with Crippen LogP contribution < -0.4 is 5.73 Å². The van der Waals surface area contributed by atoms with Gasteiger partial charge >= 0.3 is 0 Å². The molecule has 2 N–H and O–H groups in total. The van der Waals surface area contributed by atoms with E-state index in [-0.39, 0.29) is 6.04 Å². The molecular weight excluding hydrogens is 314 g/mol. The normalized spacial score (nSPS) is 12.6. The molecule has 0 aliphatic carbocycles. The number of benzene rings is 1. The van der Waals surface area contributed by atoms with Crippen molar-refractivity contribution < 1.29 is 0 Å². The molecule has 4 heteroatoms. The lowest BCUT2D eigenvalue weighted by atomic mass is 10.0. The van der Waals surface area contributed by atoms with Crippen molar-refractivity contribution in [3.05, 3.63) is 70.1 Å². The van der Waals surface area contributed by atoms with E-state index in [0.717, 1.165) is 32.3 Å². The standard InChI is InChI=1S/C16H14BrN3/c1-10-6-7-12(9-19-10)15(18)16-13(17)8-11-4-2-3-5-14(11)20-16/h2-9,15H,18H2,1H3. The summed E-state index contributed by atoms with van der Waals surface area (Å²) in [6.45, 7) is 1.96. The highest BCUT2D eigenvalue weighted by atomic mass is 79.9. The van der Waals surface area contributed by atoms with Gasteiger partial charge in [-0.2, -0.15) is 0 Å². The van der Waals surface area contributed by atoms with E-state index in [4.69, 9.17) is 5.73 Å². The second-order valence-electron chi connectivity index (χ2n) is 4.76. The molecule has 0 aliphatic rings. The summed E-state index contributed by atoms with van der Waals surface area (Å²) in [7, 11) is 0. The van der Waals surface area contributed by atoms with E-state index in [9.17, 15) is 0 Å². The minimum absolute atomic E-state index is 0.290. The van der Waals surface area contributed by atoms with Crippen molar-refractivity contribution in [2.75, 3.05) is 0 Å². The third-order valence-electron chi connectivity index (χ3n) is 3.29. The molecule has 0 saturated carbocycles. The zero-order chi connectivity index (χ0) is 14.1. The molecule has 1 unspecified atom stereocenters. The van der Waals surface area contributed by atoms with Gasteiger partial charge in [-0.3, -0.25) is 4.98 Å². The van der Waals surface area contributed by atoms with Crippen molar-refractivity contribution in [2.24, 2.45) is 5.73 Å². The number of pyridine rings is 2. The van der Waals surface area contributed by atoms with E-state index in [1.165, 1.54) is 0 Å². The molecule has 0 spiro atoms. The number of fused-ring (bicyclic) bond motifs is 1. The monoisotopic (exact) mass is 327 g/mol. The summed E-state index contributed by atoms with van der Waals surface area (Å²) in [6, 6.07) is 13.7. The average Bonchev–Trinajstić information content (AvgIpc) is 2.46. The van der Waals surface area contributed by atoms with Crippen molar-refractivity contribution in [1.29, 1.82) is 0 Å². The van der Waals surface area contributed by atoms with Crippen LogP contribution in [0.3, 0.4) is 0 Å². The molecule has 0 saturated heterocycles. The van der Waals surface area contributed by atoms with E-state index < -0.39 is 0 Å². The quantitative estimate of drug-likeness (QED) is 0.779. The second kappa shape index (κ2) is 5.31. The van der Waals surface area contributed by atoms with E-state index in [1.54, 1.807) is 0 Å². The molecule has 0 amide bonds. The SMILES string of the molecule is Cc1ccc(C(N)c2nc3ccccc3cc2Br)cn1. The Kier molecular flexibility index (Phi) is 3.51. The smallest absolute Gasteiger partial charge is 0.0766 e. The van der Waals surface area contributed by atoms with Crippen molar-refractivity contribution in [3.63, 3.8) is 0 Å². The Hall–Kier alpha value is -1.78. The van der Waals surface area contributed by atoms with Gasteiger partial charge < -0.3 is 5.73 Å². The van der Waals surface area contributed by atoms with Crippen LogP contribution in [-0.2, 0) is 0 Å². The van der Waals surface area contributed by atoms with Crippen LogP contribution in [0.25, 0.3) is 10.9 Å². The molecule has 2 heterocycles. The summed E-state index contributed by atoms with van der Waals surface area (Å²) >= 11 is 3.57. The Labute approximate surface area is 126 Å². The number of hydrogen-bond acceptors (Lipinski definition) is 3. The molecule has 2 aromatic heterocycles. The number of aryl methyl sites for hydroxylation is 1. The first-order chi connectivity index (χ1) is 9.65. The summed E-state index contributed by atoms with van der Waals surface area (Å²) < 4.78 is 0.921. The largest absolute Gasteiger partial charge is 0.319 e. The van der Waals surface area contributed by atoms with Crippen LogP contribution in [0.15, 0.2) is 53.1 Å². The minimum Gasteiger partial charge on any atom is -0.319 e. The van der Waals surface area contributed by atoms with Gasteiger partial charge in [0.15, 0.2) is 0 Å². The summed E-state index contributed by atoms with van der Waals surface area (Å²) in [5, 5.41) is 1.09. The lowest BCUT2D eigenvalue weighted by molar-refractivity contribution is 0.821. The predicted octanol–water partition coefficient (Wildman–Crippen LogP) is 3.75. The van der Waals surface area contributed by atoms with Gasteiger partial charge in [-0.15, -0.1) is 0 Å². The predicted molar refractivity (Wildman–Crippen MR) is 84.4 cm³/mol. The number of halogens is 1. The van der Waals surface area contributed by atoms with Gasteiger partial charge in [0.25, 0.3) is 0 Å². The van der Waals surface area contributed by atoms with Gasteiger partial charge in [0.05, 0.1) is 17.3 Å². The van der Waals surface area contributed by atoms with E-state index in [1.807, 2.05) is 49.5 Å². The molecular formula is C16H14BrN3. The number of aromatic nitrogens is 2. The number of para-hydroxylation sites is 1. The Bertz CT molecular complexity index is 753. The maximum absolute atomic E-state index is 6.33. The topological polar surface area (TPSA) is 51.8 Å². The van der Waals surface area contributed by atoms with Gasteiger partial charge in [0.2, 0.25) is 0 Å². The third-order valence-corrected chi connectivity index (χ3v) is 3.93. The third kappa shape index (κ3) is 2.44. The Morgan fingerprint density at radius 1 is 1.15 bits per heavy atom. The summed E-state index contributed by atoms with van der Waals surface area (Å²) in [5.41, 5.74) is 10.0. The first-order valence-electron chi connectivity index (χ1n) is 6.38. The number of rotatable bonds is 2. The highest BCUT2D eigenvalue weighted by molar-refractivity contribution is 9.10. The summed E-state index contributed by atoms with van der Waals surface area (Å²) in [4.78, 5) is 8.97. The fourth-order valence-corrected chi connectivity index (χ4v) is 2.73. The molecule has 0 radical (unpaired) electrons. The fraction of sp³-hybridized carbons (Fsp3) is 0.125. The fourth-order valence-electron chi connectivity index (χ4n) is 2.14. The van der Waals surface area contributed by atoms with Gasteiger partial charge in [-0.1, -0.05) is 24.3 Å². The molecule has 0 fully saturated rings. The van der Waals surface area contributed by atoms with E-state index in [0.29, 0.717) is 0 Å². The van der Waals surface area contributed by atoms with Gasteiger partial charge in [-0.25, -0.2) is 4.98 Å². The molecule has 1 atom stereocenters. The highest BCUT2D eigenvalue weighted by Gasteiger charge is 2.15. The Morgan fingerprint density at radius 2 is 1.95 bits per heavy atom. The molecule has 3 rings (SSSR count). The molecule has 20 heavy (non-hydrogen) atoms. The first kappa shape index (κ1) is 13.2. The van der Waals surface area contributed by atoms with Gasteiger partial charge in [0, 0.05) is 21.7 Å². The van der Waals surface area contributed by atoms with Gasteiger partial charge in [-0.05, 0) is 46.6 Å². The summed E-state index contributed by atoms with van der Waals surface area (Å²) in [6.07, 6.45) is 1.81. The van der Waals surface area contributed by atoms with E-state index >= 15 is 0 Å². The van der Waals surface area contributed by atoms with Crippen molar-refractivity contribution in [1.82, 2.24) is 9.97 Å². The van der Waals surface area contributed by atoms with Crippen LogP contribution in [0.2, 0.25) is 0 Å². The van der Waals surface area contributed by atoms with Crippen LogP contribution in [0.4, 0.5) is 0 Å². The zero-order valence-electron chi connectivity index (χ0n) is 11.0. The lowest BCUT2D eigenvalue weighted by Gasteiger charge is -2.14. The molecule has 100 valence electrons. The van der Waals surface area contributed by atoms with Crippen LogP contribution >= 0.6 is 15.9 Å².